The van der Waals surface area contributed by atoms with Crippen molar-refractivity contribution in [1.82, 2.24) is 24.9 Å². The summed E-state index contributed by atoms with van der Waals surface area (Å²) in [5, 5.41) is 9.63. The summed E-state index contributed by atoms with van der Waals surface area (Å²) in [5.74, 6) is 0.152. The summed E-state index contributed by atoms with van der Waals surface area (Å²) in [4.78, 5) is 17.7. The van der Waals surface area contributed by atoms with Gasteiger partial charge in [0.1, 0.15) is 5.69 Å². The first-order valence-electron chi connectivity index (χ1n) is 9.08. The molecule has 5 rings (SSSR count). The third-order valence-electron chi connectivity index (χ3n) is 5.19. The highest BCUT2D eigenvalue weighted by atomic mass is 16.2. The Morgan fingerprint density at radius 1 is 1.07 bits per heavy atom. The number of aromatic nitrogens is 4. The second kappa shape index (κ2) is 6.39. The van der Waals surface area contributed by atoms with Crippen molar-refractivity contribution < 1.29 is 4.79 Å². The molecule has 0 spiro atoms. The monoisotopic (exact) mass is 357 g/mol. The maximum Gasteiger partial charge on any atom is 0.227 e. The van der Waals surface area contributed by atoms with Crippen LogP contribution in [0, 0.1) is 0 Å². The molecule has 1 aliphatic rings. The van der Waals surface area contributed by atoms with Crippen molar-refractivity contribution in [2.24, 2.45) is 0 Å². The number of carbonyl (C=O) groups is 1. The highest BCUT2D eigenvalue weighted by Gasteiger charge is 2.32. The lowest BCUT2D eigenvalue weighted by Crippen LogP contribution is -2.51. The molecule has 3 heterocycles. The van der Waals surface area contributed by atoms with E-state index in [4.69, 9.17) is 0 Å². The van der Waals surface area contributed by atoms with Gasteiger partial charge in [-0.05, 0) is 11.6 Å². The molecular weight excluding hydrogens is 338 g/mol. The zero-order valence-corrected chi connectivity index (χ0v) is 14.7. The number of nitrogens with one attached hydrogen (secondary N) is 1. The standard InChI is InChI=1S/C21H19N5O/c27-21(10-16-11-22-19-9-5-4-8-18(16)19)25-12-17(13-25)26-14-20(23-24-26)15-6-2-1-3-7-15/h1-9,11,14,17,22H,10,12-13H2. The molecule has 0 bridgehead atoms. The Balaban J connectivity index is 1.23. The lowest BCUT2D eigenvalue weighted by atomic mass is 10.1. The fourth-order valence-corrected chi connectivity index (χ4v) is 3.58. The number of fused-ring (bicyclic) bond motifs is 1. The number of likely N-dealkylation sites (tertiary alicyclic amines) is 1. The minimum Gasteiger partial charge on any atom is -0.361 e. The Labute approximate surface area is 156 Å². The zero-order chi connectivity index (χ0) is 18.2. The first kappa shape index (κ1) is 15.8. The normalized spacial score (nSPS) is 14.4. The molecule has 1 fully saturated rings. The van der Waals surface area contributed by atoms with Gasteiger partial charge in [-0.2, -0.15) is 0 Å². The summed E-state index contributed by atoms with van der Waals surface area (Å²) in [5.41, 5.74) is 4.03. The SMILES string of the molecule is O=C(Cc1c[nH]c2ccccc12)N1CC(n2cc(-c3ccccc3)nn2)C1. The molecule has 0 unspecified atom stereocenters. The second-order valence-electron chi connectivity index (χ2n) is 6.94. The maximum atomic E-state index is 12.6. The minimum atomic E-state index is 0.152. The van der Waals surface area contributed by atoms with Gasteiger partial charge in [0, 0.05) is 35.8 Å². The highest BCUT2D eigenvalue weighted by Crippen LogP contribution is 2.25. The predicted octanol–water partition coefficient (Wildman–Crippen LogP) is 3.05. The van der Waals surface area contributed by atoms with Gasteiger partial charge in [-0.1, -0.05) is 53.7 Å². The number of para-hydroxylation sites is 1. The quantitative estimate of drug-likeness (QED) is 0.610. The first-order valence-corrected chi connectivity index (χ1v) is 9.08. The average Bonchev–Trinajstić information content (AvgIpc) is 3.29. The highest BCUT2D eigenvalue weighted by molar-refractivity contribution is 5.89. The fourth-order valence-electron chi connectivity index (χ4n) is 3.58. The second-order valence-corrected chi connectivity index (χ2v) is 6.94. The van der Waals surface area contributed by atoms with E-state index in [2.05, 4.69) is 15.3 Å². The molecule has 2 aromatic carbocycles. The molecule has 4 aromatic rings. The van der Waals surface area contributed by atoms with E-state index >= 15 is 0 Å². The predicted molar refractivity (Wildman–Crippen MR) is 103 cm³/mol. The lowest BCUT2D eigenvalue weighted by molar-refractivity contribution is -0.136. The minimum absolute atomic E-state index is 0.152. The number of H-pyrrole nitrogens is 1. The van der Waals surface area contributed by atoms with Gasteiger partial charge in [0.05, 0.1) is 18.7 Å². The molecule has 1 amide bonds. The molecule has 27 heavy (non-hydrogen) atoms. The molecule has 1 N–H and O–H groups in total. The van der Waals surface area contributed by atoms with Crippen LogP contribution in [-0.4, -0.2) is 43.9 Å². The number of nitrogens with zero attached hydrogens (tertiary/aromatic N) is 4. The van der Waals surface area contributed by atoms with Crippen LogP contribution in [0.5, 0.6) is 0 Å². The van der Waals surface area contributed by atoms with E-state index in [1.54, 1.807) is 0 Å². The van der Waals surface area contributed by atoms with E-state index < -0.39 is 0 Å². The van der Waals surface area contributed by atoms with Crippen LogP contribution in [-0.2, 0) is 11.2 Å². The van der Waals surface area contributed by atoms with Crippen LogP contribution in [0.4, 0.5) is 0 Å². The number of carbonyl (C=O) groups excluding carboxylic acids is 1. The van der Waals surface area contributed by atoms with Crippen molar-refractivity contribution in [1.29, 1.82) is 0 Å². The van der Waals surface area contributed by atoms with Gasteiger partial charge in [0.2, 0.25) is 5.91 Å². The molecule has 1 aliphatic heterocycles. The number of aromatic amines is 1. The van der Waals surface area contributed by atoms with Crippen LogP contribution in [0.25, 0.3) is 22.2 Å². The molecule has 134 valence electrons. The lowest BCUT2D eigenvalue weighted by Gasteiger charge is -2.38. The Morgan fingerprint density at radius 3 is 2.70 bits per heavy atom. The van der Waals surface area contributed by atoms with Crippen LogP contribution in [0.3, 0.4) is 0 Å². The number of hydrogen-bond acceptors (Lipinski definition) is 3. The number of rotatable bonds is 4. The van der Waals surface area contributed by atoms with Gasteiger partial charge in [-0.25, -0.2) is 4.68 Å². The third-order valence-corrected chi connectivity index (χ3v) is 5.19. The smallest absolute Gasteiger partial charge is 0.227 e. The fraction of sp³-hybridized carbons (Fsp3) is 0.190. The summed E-state index contributed by atoms with van der Waals surface area (Å²) in [6.07, 6.45) is 4.31. The molecule has 0 atom stereocenters. The Hall–Kier alpha value is -3.41. The van der Waals surface area contributed by atoms with Gasteiger partial charge < -0.3 is 9.88 Å². The third kappa shape index (κ3) is 2.89. The van der Waals surface area contributed by atoms with Gasteiger partial charge in [-0.15, -0.1) is 5.10 Å². The van der Waals surface area contributed by atoms with Crippen molar-refractivity contribution in [2.75, 3.05) is 13.1 Å². The molecule has 1 saturated heterocycles. The van der Waals surface area contributed by atoms with E-state index in [-0.39, 0.29) is 11.9 Å². The molecule has 6 heteroatoms. The number of benzene rings is 2. The Kier molecular flexibility index (Phi) is 3.74. The molecule has 0 aliphatic carbocycles. The van der Waals surface area contributed by atoms with E-state index in [9.17, 15) is 4.79 Å². The summed E-state index contributed by atoms with van der Waals surface area (Å²) in [7, 11) is 0. The van der Waals surface area contributed by atoms with Crippen LogP contribution in [0.2, 0.25) is 0 Å². The van der Waals surface area contributed by atoms with Crippen LogP contribution in [0.15, 0.2) is 67.0 Å². The Morgan fingerprint density at radius 2 is 1.85 bits per heavy atom. The first-order chi connectivity index (χ1) is 13.3. The van der Waals surface area contributed by atoms with Crippen molar-refractivity contribution in [3.8, 4) is 11.3 Å². The van der Waals surface area contributed by atoms with E-state index in [0.29, 0.717) is 19.5 Å². The largest absolute Gasteiger partial charge is 0.361 e. The molecule has 0 saturated carbocycles. The van der Waals surface area contributed by atoms with Crippen molar-refractivity contribution >= 4 is 16.8 Å². The van der Waals surface area contributed by atoms with E-state index in [1.807, 2.05) is 76.6 Å². The van der Waals surface area contributed by atoms with E-state index in [1.165, 1.54) is 0 Å². The topological polar surface area (TPSA) is 66.8 Å². The summed E-state index contributed by atoms with van der Waals surface area (Å²) >= 11 is 0. The van der Waals surface area contributed by atoms with Gasteiger partial charge in [0.15, 0.2) is 0 Å². The maximum absolute atomic E-state index is 12.6. The Bertz CT molecular complexity index is 1090. The molecule has 6 nitrogen and oxygen atoms in total. The summed E-state index contributed by atoms with van der Waals surface area (Å²) in [6.45, 7) is 1.36. The summed E-state index contributed by atoms with van der Waals surface area (Å²) in [6, 6.07) is 18.3. The molecular formula is C21H19N5O. The van der Waals surface area contributed by atoms with Gasteiger partial charge in [-0.3, -0.25) is 4.79 Å². The summed E-state index contributed by atoms with van der Waals surface area (Å²) < 4.78 is 1.87. The zero-order valence-electron chi connectivity index (χ0n) is 14.7. The number of hydrogen-bond donors (Lipinski definition) is 1. The molecule has 2 aromatic heterocycles. The van der Waals surface area contributed by atoms with E-state index in [0.717, 1.165) is 27.7 Å². The van der Waals surface area contributed by atoms with Crippen LogP contribution < -0.4 is 0 Å². The van der Waals surface area contributed by atoms with Crippen molar-refractivity contribution in [3.05, 3.63) is 72.6 Å². The van der Waals surface area contributed by atoms with Crippen molar-refractivity contribution in [3.63, 3.8) is 0 Å². The van der Waals surface area contributed by atoms with Crippen LogP contribution >= 0.6 is 0 Å². The average molecular weight is 357 g/mol. The molecule has 0 radical (unpaired) electrons. The van der Waals surface area contributed by atoms with Crippen LogP contribution in [0.1, 0.15) is 11.6 Å². The van der Waals surface area contributed by atoms with Crippen molar-refractivity contribution in [2.45, 2.75) is 12.5 Å². The van der Waals surface area contributed by atoms with Gasteiger partial charge in [0.25, 0.3) is 0 Å². The van der Waals surface area contributed by atoms with Gasteiger partial charge >= 0.3 is 0 Å². The number of amides is 1.